The van der Waals surface area contributed by atoms with Gasteiger partial charge in [-0.15, -0.1) is 11.3 Å². The molecule has 1 aromatic carbocycles. The van der Waals surface area contributed by atoms with Crippen molar-refractivity contribution in [1.82, 2.24) is 0 Å². The van der Waals surface area contributed by atoms with Gasteiger partial charge in [0.05, 0.1) is 15.6 Å². The van der Waals surface area contributed by atoms with Crippen molar-refractivity contribution < 1.29 is 17.7 Å². The molecule has 0 atom stereocenters. The Morgan fingerprint density at radius 2 is 1.95 bits per heavy atom. The van der Waals surface area contributed by atoms with Gasteiger partial charge in [0.2, 0.25) is 0 Å². The number of benzene rings is 1. The van der Waals surface area contributed by atoms with Crippen LogP contribution in [0.1, 0.15) is 0 Å². The summed E-state index contributed by atoms with van der Waals surface area (Å²) in [5.41, 5.74) is -0.698. The van der Waals surface area contributed by atoms with Crippen molar-refractivity contribution >= 4 is 55.9 Å². The SMILES string of the molecule is O=[N+]([O-])c1cc(S(=O)(=O)Nc2cc(F)ccc2Cl)sc1Cl. The maximum atomic E-state index is 13.1. The summed E-state index contributed by atoms with van der Waals surface area (Å²) in [5, 5.41) is 10.6. The maximum absolute atomic E-state index is 13.1. The molecule has 0 aliphatic rings. The molecule has 0 fully saturated rings. The fourth-order valence-corrected chi connectivity index (χ4v) is 4.32. The summed E-state index contributed by atoms with van der Waals surface area (Å²) in [6.07, 6.45) is 0. The summed E-state index contributed by atoms with van der Waals surface area (Å²) in [4.78, 5) is 9.86. The Morgan fingerprint density at radius 3 is 2.52 bits per heavy atom. The fraction of sp³-hybridized carbons (Fsp3) is 0. The first kappa shape index (κ1) is 16.0. The van der Waals surface area contributed by atoms with Crippen molar-refractivity contribution in [1.29, 1.82) is 0 Å². The molecule has 0 aliphatic heterocycles. The second-order valence-electron chi connectivity index (χ2n) is 3.71. The predicted molar refractivity (Wildman–Crippen MR) is 78.2 cm³/mol. The van der Waals surface area contributed by atoms with Crippen LogP contribution in [-0.2, 0) is 10.0 Å². The van der Waals surface area contributed by atoms with E-state index in [1.54, 1.807) is 0 Å². The van der Waals surface area contributed by atoms with Crippen LogP contribution in [0.5, 0.6) is 0 Å². The number of thiophene rings is 1. The summed E-state index contributed by atoms with van der Waals surface area (Å²) in [7, 11) is -4.16. The molecule has 2 aromatic rings. The van der Waals surface area contributed by atoms with Gasteiger partial charge in [0.1, 0.15) is 10.0 Å². The summed E-state index contributed by atoms with van der Waals surface area (Å²) < 4.78 is 38.7. The number of nitrogens with zero attached hydrogens (tertiary/aromatic N) is 1. The normalized spacial score (nSPS) is 11.4. The van der Waals surface area contributed by atoms with E-state index in [2.05, 4.69) is 4.72 Å². The van der Waals surface area contributed by atoms with Gasteiger partial charge in [-0.3, -0.25) is 14.8 Å². The highest BCUT2D eigenvalue weighted by molar-refractivity contribution is 7.94. The number of hydrogen-bond acceptors (Lipinski definition) is 5. The van der Waals surface area contributed by atoms with Crippen LogP contribution >= 0.6 is 34.5 Å². The minimum atomic E-state index is -4.16. The molecule has 0 spiro atoms. The van der Waals surface area contributed by atoms with E-state index in [1.165, 1.54) is 6.07 Å². The molecule has 1 N–H and O–H groups in total. The van der Waals surface area contributed by atoms with Gasteiger partial charge in [0.25, 0.3) is 15.7 Å². The summed E-state index contributed by atoms with van der Waals surface area (Å²) in [6, 6.07) is 3.96. The molecule has 0 radical (unpaired) electrons. The number of anilines is 1. The second kappa shape index (κ2) is 5.76. The molecule has 1 heterocycles. The van der Waals surface area contributed by atoms with Gasteiger partial charge < -0.3 is 0 Å². The largest absolute Gasteiger partial charge is 0.300 e. The van der Waals surface area contributed by atoms with Crippen LogP contribution in [0.2, 0.25) is 9.36 Å². The zero-order chi connectivity index (χ0) is 15.8. The highest BCUT2D eigenvalue weighted by Gasteiger charge is 2.25. The molecule has 0 aliphatic carbocycles. The van der Waals surface area contributed by atoms with Gasteiger partial charge in [-0.25, -0.2) is 12.8 Å². The van der Waals surface area contributed by atoms with Gasteiger partial charge in [0.15, 0.2) is 4.34 Å². The predicted octanol–water partition coefficient (Wildman–Crippen LogP) is 3.90. The minimum Gasteiger partial charge on any atom is -0.277 e. The Bertz CT molecular complexity index is 822. The van der Waals surface area contributed by atoms with E-state index >= 15 is 0 Å². The quantitative estimate of drug-likeness (QED) is 0.652. The Balaban J connectivity index is 2.41. The molecular formula is C10H5Cl2FN2O4S2. The molecule has 0 saturated heterocycles. The van der Waals surface area contributed by atoms with Crippen molar-refractivity contribution in [3.63, 3.8) is 0 Å². The van der Waals surface area contributed by atoms with E-state index in [0.717, 1.165) is 18.2 Å². The van der Waals surface area contributed by atoms with Crippen LogP contribution in [0, 0.1) is 15.9 Å². The molecule has 112 valence electrons. The van der Waals surface area contributed by atoms with Crippen LogP contribution in [-0.4, -0.2) is 13.3 Å². The zero-order valence-corrected chi connectivity index (χ0v) is 13.0. The van der Waals surface area contributed by atoms with Crippen molar-refractivity contribution in [3.05, 3.63) is 49.6 Å². The molecule has 6 nitrogen and oxygen atoms in total. The molecule has 0 saturated carbocycles. The highest BCUT2D eigenvalue weighted by Crippen LogP contribution is 2.37. The van der Waals surface area contributed by atoms with Crippen LogP contribution < -0.4 is 4.72 Å². The topological polar surface area (TPSA) is 89.3 Å². The third kappa shape index (κ3) is 3.43. The molecule has 0 unspecified atom stereocenters. The summed E-state index contributed by atoms with van der Waals surface area (Å²) in [6.45, 7) is 0. The lowest BCUT2D eigenvalue weighted by Gasteiger charge is -2.07. The van der Waals surface area contributed by atoms with Gasteiger partial charge in [-0.1, -0.05) is 23.2 Å². The monoisotopic (exact) mass is 370 g/mol. The van der Waals surface area contributed by atoms with E-state index in [0.29, 0.717) is 11.3 Å². The number of nitrogens with one attached hydrogen (secondary N) is 1. The van der Waals surface area contributed by atoms with Crippen LogP contribution in [0.3, 0.4) is 0 Å². The average Bonchev–Trinajstić information content (AvgIpc) is 2.77. The molecule has 0 amide bonds. The van der Waals surface area contributed by atoms with E-state index in [-0.39, 0.29) is 19.3 Å². The number of halogens is 3. The Morgan fingerprint density at radius 1 is 1.29 bits per heavy atom. The number of sulfonamides is 1. The van der Waals surface area contributed by atoms with Crippen molar-refractivity contribution in [2.45, 2.75) is 4.21 Å². The lowest BCUT2D eigenvalue weighted by Crippen LogP contribution is -2.12. The molecule has 11 heteroatoms. The lowest BCUT2D eigenvalue weighted by molar-refractivity contribution is -0.384. The number of rotatable bonds is 4. The molecular weight excluding hydrogens is 366 g/mol. The van der Waals surface area contributed by atoms with Gasteiger partial charge in [0, 0.05) is 6.07 Å². The van der Waals surface area contributed by atoms with Gasteiger partial charge in [-0.2, -0.15) is 0 Å². The first-order valence-corrected chi connectivity index (χ1v) is 8.18. The lowest BCUT2D eigenvalue weighted by atomic mass is 10.3. The smallest absolute Gasteiger partial charge is 0.277 e. The number of hydrogen-bond donors (Lipinski definition) is 1. The van der Waals surface area contributed by atoms with Crippen molar-refractivity contribution in [2.75, 3.05) is 4.72 Å². The molecule has 0 bridgehead atoms. The highest BCUT2D eigenvalue weighted by atomic mass is 35.5. The Kier molecular flexibility index (Phi) is 4.38. The van der Waals surface area contributed by atoms with Crippen LogP contribution in [0.25, 0.3) is 0 Å². The molecule has 2 rings (SSSR count). The third-order valence-corrected chi connectivity index (χ3v) is 5.79. The second-order valence-corrected chi connectivity index (χ2v) is 7.68. The van der Waals surface area contributed by atoms with Gasteiger partial charge in [-0.05, 0) is 18.2 Å². The third-order valence-electron chi connectivity index (χ3n) is 2.28. The van der Waals surface area contributed by atoms with Crippen LogP contribution in [0.4, 0.5) is 15.8 Å². The van der Waals surface area contributed by atoms with E-state index in [1.807, 2.05) is 0 Å². The Labute approximate surface area is 132 Å². The fourth-order valence-electron chi connectivity index (χ4n) is 1.37. The van der Waals surface area contributed by atoms with Crippen molar-refractivity contribution in [3.8, 4) is 0 Å². The first-order chi connectivity index (χ1) is 9.70. The zero-order valence-electron chi connectivity index (χ0n) is 9.84. The Hall–Kier alpha value is -1.42. The average molecular weight is 371 g/mol. The van der Waals surface area contributed by atoms with Crippen LogP contribution in [0.15, 0.2) is 28.5 Å². The van der Waals surface area contributed by atoms with Gasteiger partial charge >= 0.3 is 0 Å². The summed E-state index contributed by atoms with van der Waals surface area (Å²) in [5.74, 6) is -0.688. The summed E-state index contributed by atoms with van der Waals surface area (Å²) >= 11 is 11.9. The van der Waals surface area contributed by atoms with E-state index < -0.39 is 26.5 Å². The molecule has 1 aromatic heterocycles. The standard InChI is InChI=1S/C10H5Cl2FN2O4S2/c11-6-2-1-5(13)3-7(6)14-21(18,19)9-4-8(15(16)17)10(12)20-9/h1-4,14H. The molecule has 21 heavy (non-hydrogen) atoms. The minimum absolute atomic E-state index is 0.0165. The first-order valence-electron chi connectivity index (χ1n) is 5.12. The maximum Gasteiger partial charge on any atom is 0.300 e. The van der Waals surface area contributed by atoms with E-state index in [9.17, 15) is 22.9 Å². The van der Waals surface area contributed by atoms with Crippen molar-refractivity contribution in [2.24, 2.45) is 0 Å². The number of nitro groups is 1. The van der Waals surface area contributed by atoms with E-state index in [4.69, 9.17) is 23.2 Å².